The van der Waals surface area contributed by atoms with Crippen LogP contribution >= 0.6 is 12.0 Å². The smallest absolute Gasteiger partial charge is 0.214 e. The highest BCUT2D eigenvalue weighted by Crippen LogP contribution is 2.36. The molecular formula is C18H27N2O3SSi. The van der Waals surface area contributed by atoms with E-state index in [0.29, 0.717) is 23.2 Å². The minimum atomic E-state index is -0.852. The Balaban J connectivity index is 1.77. The number of hydrogen-bond donors (Lipinski definition) is 1. The van der Waals surface area contributed by atoms with Gasteiger partial charge in [0.15, 0.2) is 5.09 Å². The summed E-state index contributed by atoms with van der Waals surface area (Å²) in [5.74, 6) is 0.937. The van der Waals surface area contributed by atoms with E-state index in [1.54, 1.807) is 6.20 Å². The molecule has 3 rings (SSSR count). The van der Waals surface area contributed by atoms with Gasteiger partial charge in [-0.3, -0.25) is 0 Å². The molecule has 2 aromatic rings. The lowest BCUT2D eigenvalue weighted by Gasteiger charge is -2.31. The monoisotopic (exact) mass is 379 g/mol. The van der Waals surface area contributed by atoms with Crippen molar-refractivity contribution in [3.63, 3.8) is 0 Å². The zero-order chi connectivity index (χ0) is 18.0. The van der Waals surface area contributed by atoms with Crippen LogP contribution in [0.2, 0.25) is 11.6 Å². The summed E-state index contributed by atoms with van der Waals surface area (Å²) in [4.78, 5) is 6.95. The molecule has 0 aromatic carbocycles. The van der Waals surface area contributed by atoms with Gasteiger partial charge in [0.25, 0.3) is 0 Å². The molecular weight excluding hydrogens is 352 g/mol. The van der Waals surface area contributed by atoms with Crippen LogP contribution in [0.25, 0.3) is 11.0 Å². The maximum atomic E-state index is 9.26. The van der Waals surface area contributed by atoms with Gasteiger partial charge in [-0.15, -0.1) is 0 Å². The van der Waals surface area contributed by atoms with Crippen molar-refractivity contribution in [3.8, 4) is 0 Å². The molecule has 137 valence electrons. The molecule has 1 atom stereocenters. The van der Waals surface area contributed by atoms with Crippen LogP contribution in [0.1, 0.15) is 40.0 Å². The summed E-state index contributed by atoms with van der Waals surface area (Å²) in [5.41, 5.74) is 0.764. The van der Waals surface area contributed by atoms with E-state index in [-0.39, 0.29) is 5.04 Å². The van der Waals surface area contributed by atoms with Gasteiger partial charge in [0.05, 0.1) is 30.1 Å². The second-order valence-electron chi connectivity index (χ2n) is 7.30. The first kappa shape index (κ1) is 18.8. The molecule has 0 amide bonds. The Morgan fingerprint density at radius 3 is 3.04 bits per heavy atom. The van der Waals surface area contributed by atoms with Crippen molar-refractivity contribution in [2.24, 2.45) is 0 Å². The molecule has 25 heavy (non-hydrogen) atoms. The first-order chi connectivity index (χ1) is 12.0. The molecule has 0 aliphatic carbocycles. The van der Waals surface area contributed by atoms with Gasteiger partial charge in [0.2, 0.25) is 9.04 Å². The van der Waals surface area contributed by atoms with Gasteiger partial charge < -0.3 is 18.3 Å². The van der Waals surface area contributed by atoms with Crippen molar-refractivity contribution in [1.82, 2.24) is 4.98 Å². The third-order valence-electron chi connectivity index (χ3n) is 5.47. The van der Waals surface area contributed by atoms with Crippen molar-refractivity contribution in [2.75, 3.05) is 18.1 Å². The highest BCUT2D eigenvalue weighted by atomic mass is 32.2. The molecule has 0 saturated carbocycles. The molecule has 1 aliphatic heterocycles. The lowest BCUT2D eigenvalue weighted by atomic mass is 10.1. The molecule has 3 heterocycles. The van der Waals surface area contributed by atoms with Crippen molar-refractivity contribution in [2.45, 2.75) is 62.8 Å². The SMILES string of the molecule is CCC(C)(C)[Si](C)OCC1CCCN1c1nccc2oc(SO)cc12. The summed E-state index contributed by atoms with van der Waals surface area (Å²) in [6, 6.07) is 4.07. The van der Waals surface area contributed by atoms with Crippen LogP contribution < -0.4 is 4.90 Å². The van der Waals surface area contributed by atoms with E-state index >= 15 is 0 Å². The quantitative estimate of drug-likeness (QED) is 0.528. The van der Waals surface area contributed by atoms with E-state index in [0.717, 1.165) is 49.2 Å². The van der Waals surface area contributed by atoms with Gasteiger partial charge in [-0.25, -0.2) is 4.98 Å². The number of furan rings is 1. The fourth-order valence-corrected chi connectivity index (χ4v) is 4.78. The fraction of sp³-hybridized carbons (Fsp3) is 0.611. The van der Waals surface area contributed by atoms with Crippen molar-refractivity contribution < 1.29 is 13.4 Å². The molecule has 0 spiro atoms. The zero-order valence-corrected chi connectivity index (χ0v) is 17.2. The first-order valence-corrected chi connectivity index (χ1v) is 11.6. The second-order valence-corrected chi connectivity index (χ2v) is 10.6. The van der Waals surface area contributed by atoms with E-state index in [2.05, 4.69) is 37.2 Å². The summed E-state index contributed by atoms with van der Waals surface area (Å²) in [5, 5.41) is 1.74. The van der Waals surface area contributed by atoms with Crippen molar-refractivity contribution >= 4 is 37.9 Å². The summed E-state index contributed by atoms with van der Waals surface area (Å²) >= 11 is 0.632. The molecule has 1 aliphatic rings. The standard InChI is InChI=1S/C18H27N2O3SSi/c1-5-18(2,3)25(4)22-12-13-7-6-10-20(13)17-14-11-16(24-21)23-15(14)8-9-19-17/h8-9,11,13,21H,5-7,10,12H2,1-4H3. The average molecular weight is 380 g/mol. The Kier molecular flexibility index (Phi) is 5.77. The summed E-state index contributed by atoms with van der Waals surface area (Å²) in [6.45, 7) is 10.8. The maximum absolute atomic E-state index is 9.26. The molecule has 1 fully saturated rings. The number of hydrogen-bond acceptors (Lipinski definition) is 6. The number of anilines is 1. The topological polar surface area (TPSA) is 58.7 Å². The van der Waals surface area contributed by atoms with E-state index in [9.17, 15) is 4.55 Å². The Morgan fingerprint density at radius 1 is 1.52 bits per heavy atom. The van der Waals surface area contributed by atoms with Gasteiger partial charge in [-0.1, -0.05) is 27.2 Å². The van der Waals surface area contributed by atoms with Gasteiger partial charge >= 0.3 is 0 Å². The van der Waals surface area contributed by atoms with Gasteiger partial charge in [-0.2, -0.15) is 0 Å². The van der Waals surface area contributed by atoms with Crippen LogP contribution in [-0.4, -0.2) is 37.8 Å². The Labute approximate surface area is 155 Å². The lowest BCUT2D eigenvalue weighted by molar-refractivity contribution is 0.274. The van der Waals surface area contributed by atoms with Gasteiger partial charge in [0, 0.05) is 18.8 Å². The second kappa shape index (κ2) is 7.69. The number of fused-ring (bicyclic) bond motifs is 1. The van der Waals surface area contributed by atoms with Gasteiger partial charge in [0.1, 0.15) is 11.4 Å². The third kappa shape index (κ3) is 3.89. The molecule has 0 bridgehead atoms. The lowest BCUT2D eigenvalue weighted by Crippen LogP contribution is -2.38. The van der Waals surface area contributed by atoms with E-state index in [1.807, 2.05) is 12.1 Å². The summed E-state index contributed by atoms with van der Waals surface area (Å²) < 4.78 is 21.2. The minimum Gasteiger partial charge on any atom is -0.447 e. The number of nitrogens with zero attached hydrogens (tertiary/aromatic N) is 2. The average Bonchev–Trinajstić information content (AvgIpc) is 3.25. The molecule has 1 N–H and O–H groups in total. The third-order valence-corrected chi connectivity index (χ3v) is 8.71. The largest absolute Gasteiger partial charge is 0.447 e. The van der Waals surface area contributed by atoms with Crippen LogP contribution in [0, 0.1) is 0 Å². The van der Waals surface area contributed by atoms with Crippen LogP contribution in [0.4, 0.5) is 5.82 Å². The molecule has 1 unspecified atom stereocenters. The number of pyridine rings is 1. The van der Waals surface area contributed by atoms with Crippen molar-refractivity contribution in [3.05, 3.63) is 18.3 Å². The molecule has 7 heteroatoms. The summed E-state index contributed by atoms with van der Waals surface area (Å²) in [6.07, 6.45) is 5.19. The first-order valence-electron chi connectivity index (χ1n) is 8.89. The zero-order valence-electron chi connectivity index (χ0n) is 15.4. The van der Waals surface area contributed by atoms with E-state index in [4.69, 9.17) is 8.84 Å². The molecule has 5 nitrogen and oxygen atoms in total. The van der Waals surface area contributed by atoms with Crippen LogP contribution in [0.15, 0.2) is 27.8 Å². The normalized spacial score (nSPS) is 18.6. The number of rotatable bonds is 7. The maximum Gasteiger partial charge on any atom is 0.214 e. The van der Waals surface area contributed by atoms with Crippen LogP contribution in [0.5, 0.6) is 0 Å². The van der Waals surface area contributed by atoms with Crippen molar-refractivity contribution in [1.29, 1.82) is 0 Å². The minimum absolute atomic E-state index is 0.282. The Morgan fingerprint density at radius 2 is 2.32 bits per heavy atom. The van der Waals surface area contributed by atoms with E-state index < -0.39 is 9.04 Å². The molecule has 1 radical (unpaired) electrons. The van der Waals surface area contributed by atoms with Crippen LogP contribution in [0.3, 0.4) is 0 Å². The fourth-order valence-electron chi connectivity index (χ4n) is 3.15. The molecule has 1 saturated heterocycles. The van der Waals surface area contributed by atoms with E-state index in [1.165, 1.54) is 0 Å². The number of aromatic nitrogens is 1. The predicted octanol–water partition coefficient (Wildman–Crippen LogP) is 5.19. The predicted molar refractivity (Wildman–Crippen MR) is 105 cm³/mol. The van der Waals surface area contributed by atoms with Gasteiger partial charge in [-0.05, 0) is 30.5 Å². The highest BCUT2D eigenvalue weighted by molar-refractivity contribution is 7.93. The molecule has 2 aromatic heterocycles. The Bertz CT molecular complexity index is 721. The highest BCUT2D eigenvalue weighted by Gasteiger charge is 2.32. The summed E-state index contributed by atoms with van der Waals surface area (Å²) in [7, 11) is -0.852. The Hall–Kier alpha value is -1.02. The van der Waals surface area contributed by atoms with Crippen LogP contribution in [-0.2, 0) is 4.43 Å².